The molecular weight excluding hydrogens is 306 g/mol. The number of rotatable bonds is 7. The number of anilines is 1. The monoisotopic (exact) mass is 327 g/mol. The molecular formula is C15H22ClN3O3. The summed E-state index contributed by atoms with van der Waals surface area (Å²) in [5.41, 5.74) is 5.70. The minimum absolute atomic E-state index is 0. The Labute approximate surface area is 136 Å². The molecule has 2 amide bonds. The fourth-order valence-corrected chi connectivity index (χ4v) is 2.31. The first kappa shape index (κ1) is 18.3. The molecule has 22 heavy (non-hydrogen) atoms. The van der Waals surface area contributed by atoms with Gasteiger partial charge in [-0.15, -0.1) is 12.4 Å². The highest BCUT2D eigenvalue weighted by atomic mass is 35.5. The summed E-state index contributed by atoms with van der Waals surface area (Å²) in [4.78, 5) is 22.7. The highest BCUT2D eigenvalue weighted by molar-refractivity contribution is 5.92. The lowest BCUT2D eigenvalue weighted by atomic mass is 10.0. The van der Waals surface area contributed by atoms with Crippen LogP contribution in [0.5, 0.6) is 5.75 Å². The molecule has 0 radical (unpaired) electrons. The number of carbonyl (C=O) groups excluding carboxylic acids is 2. The van der Waals surface area contributed by atoms with Gasteiger partial charge in [-0.3, -0.25) is 9.59 Å². The van der Waals surface area contributed by atoms with Gasteiger partial charge in [0, 0.05) is 6.42 Å². The maximum Gasteiger partial charge on any atom is 0.224 e. The van der Waals surface area contributed by atoms with Crippen LogP contribution in [-0.4, -0.2) is 31.5 Å². The minimum Gasteiger partial charge on any atom is -0.491 e. The fourth-order valence-electron chi connectivity index (χ4n) is 2.31. The van der Waals surface area contributed by atoms with E-state index in [0.29, 0.717) is 23.8 Å². The summed E-state index contributed by atoms with van der Waals surface area (Å²) in [6, 6.07) is 7.18. The van der Waals surface area contributed by atoms with Crippen LogP contribution in [-0.2, 0) is 9.59 Å². The molecule has 1 aromatic rings. The van der Waals surface area contributed by atoms with Gasteiger partial charge in [-0.1, -0.05) is 12.1 Å². The quantitative estimate of drug-likeness (QED) is 0.703. The molecule has 1 atom stereocenters. The second-order valence-electron chi connectivity index (χ2n) is 5.17. The first-order valence-corrected chi connectivity index (χ1v) is 7.16. The maximum atomic E-state index is 12.0. The van der Waals surface area contributed by atoms with Crippen LogP contribution in [0.2, 0.25) is 0 Å². The Balaban J connectivity index is 0.00000242. The van der Waals surface area contributed by atoms with Crippen molar-refractivity contribution >= 4 is 29.9 Å². The highest BCUT2D eigenvalue weighted by Gasteiger charge is 2.18. The standard InChI is InChI=1S/C15H21N3O3.ClH/c16-14(19)6-8-21-13-4-2-1-3-12(13)18-15(20)9-11-5-7-17-10-11;/h1-4,11,17H,5-10H2,(H2,16,19)(H,18,20);1H. The summed E-state index contributed by atoms with van der Waals surface area (Å²) >= 11 is 0. The van der Waals surface area contributed by atoms with Gasteiger partial charge < -0.3 is 21.1 Å². The molecule has 1 aromatic carbocycles. The molecule has 0 aliphatic carbocycles. The van der Waals surface area contributed by atoms with Crippen molar-refractivity contribution in [2.24, 2.45) is 11.7 Å². The fraction of sp³-hybridized carbons (Fsp3) is 0.467. The summed E-state index contributed by atoms with van der Waals surface area (Å²) < 4.78 is 5.49. The van der Waals surface area contributed by atoms with Gasteiger partial charge in [0.15, 0.2) is 0 Å². The van der Waals surface area contributed by atoms with Crippen molar-refractivity contribution in [1.29, 1.82) is 0 Å². The Morgan fingerprint density at radius 1 is 1.36 bits per heavy atom. The maximum absolute atomic E-state index is 12.0. The summed E-state index contributed by atoms with van der Waals surface area (Å²) in [6.45, 7) is 2.07. The molecule has 1 aliphatic heterocycles. The molecule has 0 aromatic heterocycles. The van der Waals surface area contributed by atoms with E-state index in [1.54, 1.807) is 12.1 Å². The number of benzene rings is 1. The van der Waals surface area contributed by atoms with Crippen molar-refractivity contribution < 1.29 is 14.3 Å². The van der Waals surface area contributed by atoms with Crippen molar-refractivity contribution in [2.45, 2.75) is 19.3 Å². The van der Waals surface area contributed by atoms with Gasteiger partial charge in [0.1, 0.15) is 5.75 Å². The molecule has 1 unspecified atom stereocenters. The number of nitrogens with two attached hydrogens (primary N) is 1. The molecule has 0 bridgehead atoms. The van der Waals surface area contributed by atoms with Crippen molar-refractivity contribution in [3.63, 3.8) is 0 Å². The Kier molecular flexibility index (Phi) is 7.70. The second kappa shape index (κ2) is 9.27. The van der Waals surface area contributed by atoms with Gasteiger partial charge in [-0.2, -0.15) is 0 Å². The van der Waals surface area contributed by atoms with Crippen LogP contribution in [0.3, 0.4) is 0 Å². The van der Waals surface area contributed by atoms with Crippen LogP contribution >= 0.6 is 12.4 Å². The van der Waals surface area contributed by atoms with E-state index in [1.807, 2.05) is 12.1 Å². The van der Waals surface area contributed by atoms with E-state index >= 15 is 0 Å². The zero-order valence-electron chi connectivity index (χ0n) is 12.3. The third-order valence-electron chi connectivity index (χ3n) is 3.40. The van der Waals surface area contributed by atoms with Gasteiger partial charge in [0.25, 0.3) is 0 Å². The van der Waals surface area contributed by atoms with Crippen LogP contribution in [0.25, 0.3) is 0 Å². The Hall–Kier alpha value is -1.79. The zero-order chi connectivity index (χ0) is 15.1. The number of para-hydroxylation sites is 2. The van der Waals surface area contributed by atoms with E-state index < -0.39 is 5.91 Å². The van der Waals surface area contributed by atoms with Crippen LogP contribution in [0.1, 0.15) is 19.3 Å². The van der Waals surface area contributed by atoms with Gasteiger partial charge >= 0.3 is 0 Å². The topological polar surface area (TPSA) is 93.5 Å². The summed E-state index contributed by atoms with van der Waals surface area (Å²) in [7, 11) is 0. The van der Waals surface area contributed by atoms with Crippen LogP contribution < -0.4 is 21.1 Å². The van der Waals surface area contributed by atoms with Crippen molar-refractivity contribution in [3.8, 4) is 5.75 Å². The lowest BCUT2D eigenvalue weighted by molar-refractivity contribution is -0.119. The van der Waals surface area contributed by atoms with Crippen molar-refractivity contribution in [1.82, 2.24) is 5.32 Å². The largest absolute Gasteiger partial charge is 0.491 e. The number of nitrogens with one attached hydrogen (secondary N) is 2. The SMILES string of the molecule is Cl.NC(=O)CCOc1ccccc1NC(=O)CC1CCNC1. The third kappa shape index (κ3) is 5.91. The smallest absolute Gasteiger partial charge is 0.224 e. The predicted molar refractivity (Wildman–Crippen MR) is 87.2 cm³/mol. The predicted octanol–water partition coefficient (Wildman–Crippen LogP) is 1.30. The average molecular weight is 328 g/mol. The van der Waals surface area contributed by atoms with Crippen molar-refractivity contribution in [2.75, 3.05) is 25.0 Å². The molecule has 4 N–H and O–H groups in total. The Morgan fingerprint density at radius 2 is 2.14 bits per heavy atom. The van der Waals surface area contributed by atoms with Gasteiger partial charge in [0.2, 0.25) is 11.8 Å². The third-order valence-corrected chi connectivity index (χ3v) is 3.40. The molecule has 1 fully saturated rings. The average Bonchev–Trinajstić information content (AvgIpc) is 2.93. The van der Waals surface area contributed by atoms with Gasteiger partial charge in [-0.25, -0.2) is 0 Å². The summed E-state index contributed by atoms with van der Waals surface area (Å²) in [5, 5.41) is 6.11. The van der Waals surface area contributed by atoms with E-state index in [1.165, 1.54) is 0 Å². The summed E-state index contributed by atoms with van der Waals surface area (Å²) in [6.07, 6.45) is 1.68. The number of carbonyl (C=O) groups is 2. The first-order valence-electron chi connectivity index (χ1n) is 7.16. The van der Waals surface area contributed by atoms with Crippen LogP contribution in [0.15, 0.2) is 24.3 Å². The molecule has 7 heteroatoms. The van der Waals surface area contributed by atoms with E-state index in [-0.39, 0.29) is 31.3 Å². The molecule has 0 spiro atoms. The van der Waals surface area contributed by atoms with E-state index in [9.17, 15) is 9.59 Å². The Morgan fingerprint density at radius 3 is 2.82 bits per heavy atom. The molecule has 122 valence electrons. The normalized spacial score (nSPS) is 16.6. The lowest BCUT2D eigenvalue weighted by Crippen LogP contribution is -2.19. The first-order chi connectivity index (χ1) is 10.1. The van der Waals surface area contributed by atoms with Crippen LogP contribution in [0.4, 0.5) is 5.69 Å². The molecule has 1 aliphatic rings. The Bertz CT molecular complexity index is 505. The number of halogens is 1. The second-order valence-corrected chi connectivity index (χ2v) is 5.17. The lowest BCUT2D eigenvalue weighted by Gasteiger charge is -2.13. The molecule has 2 rings (SSSR count). The van der Waals surface area contributed by atoms with E-state index in [2.05, 4.69) is 10.6 Å². The minimum atomic E-state index is -0.412. The number of primary amides is 1. The molecule has 1 saturated heterocycles. The van der Waals surface area contributed by atoms with E-state index in [0.717, 1.165) is 19.5 Å². The number of hydrogen-bond acceptors (Lipinski definition) is 4. The highest BCUT2D eigenvalue weighted by Crippen LogP contribution is 2.24. The van der Waals surface area contributed by atoms with Crippen molar-refractivity contribution in [3.05, 3.63) is 24.3 Å². The van der Waals surface area contributed by atoms with Crippen LogP contribution in [0, 0.1) is 5.92 Å². The molecule has 1 heterocycles. The van der Waals surface area contributed by atoms with Gasteiger partial charge in [-0.05, 0) is 37.6 Å². The van der Waals surface area contributed by atoms with E-state index in [4.69, 9.17) is 10.5 Å². The number of hydrogen-bond donors (Lipinski definition) is 3. The summed E-state index contributed by atoms with van der Waals surface area (Å²) in [5.74, 6) is 0.518. The zero-order valence-corrected chi connectivity index (χ0v) is 13.2. The number of amides is 2. The van der Waals surface area contributed by atoms with Gasteiger partial charge in [0.05, 0.1) is 18.7 Å². The molecule has 6 nitrogen and oxygen atoms in total. The molecule has 0 saturated carbocycles. The number of ether oxygens (including phenoxy) is 1.